The van der Waals surface area contributed by atoms with Gasteiger partial charge < -0.3 is 5.73 Å². The Morgan fingerprint density at radius 2 is 2.42 bits per heavy atom. The summed E-state index contributed by atoms with van der Waals surface area (Å²) < 4.78 is 0. The third-order valence-electron chi connectivity index (χ3n) is 1.42. The minimum absolute atomic E-state index is 0. The van der Waals surface area contributed by atoms with Gasteiger partial charge in [0.25, 0.3) is 0 Å². The highest BCUT2D eigenvalue weighted by Crippen LogP contribution is 2.10. The maximum atomic E-state index is 8.35. The van der Waals surface area contributed by atoms with Crippen molar-refractivity contribution in [3.05, 3.63) is 30.1 Å². The third kappa shape index (κ3) is 2.87. The zero-order valence-corrected chi connectivity index (χ0v) is 7.29. The normalized spacial score (nSPS) is 11.0. The van der Waals surface area contributed by atoms with Gasteiger partial charge in [-0.2, -0.15) is 5.26 Å². The Morgan fingerprint density at radius 1 is 1.67 bits per heavy atom. The van der Waals surface area contributed by atoms with Gasteiger partial charge in [-0.25, -0.2) is 0 Å². The summed E-state index contributed by atoms with van der Waals surface area (Å²) in [6.07, 6.45) is 3.70. The van der Waals surface area contributed by atoms with Gasteiger partial charge in [-0.3, -0.25) is 4.98 Å². The van der Waals surface area contributed by atoms with Crippen LogP contribution in [0.5, 0.6) is 0 Å². The Hall–Kier alpha value is -1.11. The van der Waals surface area contributed by atoms with E-state index in [4.69, 9.17) is 11.0 Å². The smallest absolute Gasteiger partial charge is 0.0641 e. The molecule has 3 nitrogen and oxygen atoms in total. The molecule has 64 valence electrons. The first-order chi connectivity index (χ1) is 5.34. The van der Waals surface area contributed by atoms with Gasteiger partial charge >= 0.3 is 0 Å². The minimum atomic E-state index is -0.200. The van der Waals surface area contributed by atoms with Gasteiger partial charge in [0, 0.05) is 18.4 Å². The molecule has 0 spiro atoms. The highest BCUT2D eigenvalue weighted by molar-refractivity contribution is 5.85. The summed E-state index contributed by atoms with van der Waals surface area (Å²) in [5.41, 5.74) is 6.55. The monoisotopic (exact) mass is 183 g/mol. The van der Waals surface area contributed by atoms with Crippen molar-refractivity contribution in [2.24, 2.45) is 5.73 Å². The third-order valence-corrected chi connectivity index (χ3v) is 1.42. The van der Waals surface area contributed by atoms with E-state index in [0.717, 1.165) is 5.56 Å². The molecule has 1 aromatic rings. The van der Waals surface area contributed by atoms with Gasteiger partial charge in [-0.1, -0.05) is 6.07 Å². The molecule has 0 aliphatic heterocycles. The van der Waals surface area contributed by atoms with Crippen molar-refractivity contribution in [1.82, 2.24) is 4.98 Å². The largest absolute Gasteiger partial charge is 0.323 e. The van der Waals surface area contributed by atoms with Gasteiger partial charge in [0.15, 0.2) is 0 Å². The molecule has 0 saturated heterocycles. The van der Waals surface area contributed by atoms with E-state index in [1.165, 1.54) is 0 Å². The van der Waals surface area contributed by atoms with Crippen LogP contribution in [0.3, 0.4) is 0 Å². The molecule has 0 aliphatic rings. The van der Waals surface area contributed by atoms with Crippen molar-refractivity contribution < 1.29 is 0 Å². The number of nitrogens with two attached hydrogens (primary N) is 1. The van der Waals surface area contributed by atoms with Crippen LogP contribution in [0.15, 0.2) is 24.5 Å². The van der Waals surface area contributed by atoms with Gasteiger partial charge in [0.2, 0.25) is 0 Å². The molecule has 1 atom stereocenters. The zero-order valence-electron chi connectivity index (χ0n) is 6.47. The van der Waals surface area contributed by atoms with Crippen LogP contribution in [0.1, 0.15) is 18.0 Å². The Kier molecular flexibility index (Phi) is 5.02. The van der Waals surface area contributed by atoms with E-state index in [-0.39, 0.29) is 18.4 Å². The van der Waals surface area contributed by atoms with Crippen molar-refractivity contribution in [2.45, 2.75) is 12.5 Å². The SMILES string of the molecule is Cl.N#CC[C@H](N)c1cccnc1. The summed E-state index contributed by atoms with van der Waals surface area (Å²) in [5, 5.41) is 8.35. The molecular formula is C8H10ClN3. The maximum absolute atomic E-state index is 8.35. The Morgan fingerprint density at radius 3 is 2.92 bits per heavy atom. The van der Waals surface area contributed by atoms with Crippen molar-refractivity contribution in [2.75, 3.05) is 0 Å². The van der Waals surface area contributed by atoms with Crippen molar-refractivity contribution >= 4 is 12.4 Å². The fourth-order valence-corrected chi connectivity index (χ4v) is 0.812. The summed E-state index contributed by atoms with van der Waals surface area (Å²) in [6.45, 7) is 0. The van der Waals surface area contributed by atoms with Crippen LogP contribution in [0.2, 0.25) is 0 Å². The number of pyridine rings is 1. The predicted octanol–water partition coefficient (Wildman–Crippen LogP) is 1.42. The minimum Gasteiger partial charge on any atom is -0.323 e. The molecule has 1 rings (SSSR count). The maximum Gasteiger partial charge on any atom is 0.0641 e. The van der Waals surface area contributed by atoms with E-state index in [1.54, 1.807) is 12.4 Å². The number of rotatable bonds is 2. The highest BCUT2D eigenvalue weighted by atomic mass is 35.5. The van der Waals surface area contributed by atoms with Gasteiger partial charge in [0.1, 0.15) is 0 Å². The summed E-state index contributed by atoms with van der Waals surface area (Å²) >= 11 is 0. The lowest BCUT2D eigenvalue weighted by molar-refractivity contribution is 0.744. The number of nitrogens with zero attached hydrogens (tertiary/aromatic N) is 2. The van der Waals surface area contributed by atoms with Crippen LogP contribution in [0.4, 0.5) is 0 Å². The first-order valence-corrected chi connectivity index (χ1v) is 3.37. The lowest BCUT2D eigenvalue weighted by Crippen LogP contribution is -2.08. The second-order valence-corrected chi connectivity index (χ2v) is 2.26. The van der Waals surface area contributed by atoms with Gasteiger partial charge in [0.05, 0.1) is 12.5 Å². The second-order valence-electron chi connectivity index (χ2n) is 2.26. The molecule has 0 unspecified atom stereocenters. The molecule has 0 fully saturated rings. The predicted molar refractivity (Wildman–Crippen MR) is 48.6 cm³/mol. The molecule has 1 heterocycles. The Balaban J connectivity index is 0.00000121. The van der Waals surface area contributed by atoms with Crippen LogP contribution in [-0.2, 0) is 0 Å². The zero-order chi connectivity index (χ0) is 8.10. The average molecular weight is 184 g/mol. The molecule has 0 amide bonds. The quantitative estimate of drug-likeness (QED) is 0.754. The summed E-state index contributed by atoms with van der Waals surface area (Å²) in [4.78, 5) is 3.90. The van der Waals surface area contributed by atoms with Crippen LogP contribution in [0, 0.1) is 11.3 Å². The average Bonchev–Trinajstić information content (AvgIpc) is 2.07. The summed E-state index contributed by atoms with van der Waals surface area (Å²) in [5.74, 6) is 0. The fraction of sp³-hybridized carbons (Fsp3) is 0.250. The van der Waals surface area contributed by atoms with Gasteiger partial charge in [-0.15, -0.1) is 12.4 Å². The molecule has 1 aromatic heterocycles. The lowest BCUT2D eigenvalue weighted by Gasteiger charge is -2.04. The molecule has 0 saturated carbocycles. The first-order valence-electron chi connectivity index (χ1n) is 3.37. The van der Waals surface area contributed by atoms with Crippen LogP contribution < -0.4 is 5.73 Å². The Labute approximate surface area is 77.6 Å². The highest BCUT2D eigenvalue weighted by Gasteiger charge is 2.02. The van der Waals surface area contributed by atoms with E-state index in [9.17, 15) is 0 Å². The van der Waals surface area contributed by atoms with E-state index in [1.807, 2.05) is 18.2 Å². The topological polar surface area (TPSA) is 62.7 Å². The molecule has 12 heavy (non-hydrogen) atoms. The van der Waals surface area contributed by atoms with Crippen LogP contribution >= 0.6 is 12.4 Å². The standard InChI is InChI=1S/C8H9N3.ClH/c9-4-3-8(10)7-2-1-5-11-6-7;/h1-2,5-6,8H,3,10H2;1H/t8-;/m0./s1. The van der Waals surface area contributed by atoms with E-state index >= 15 is 0 Å². The molecular weight excluding hydrogens is 174 g/mol. The van der Waals surface area contributed by atoms with E-state index in [2.05, 4.69) is 4.98 Å². The first kappa shape index (κ1) is 10.9. The van der Waals surface area contributed by atoms with Crippen LogP contribution in [0.25, 0.3) is 0 Å². The lowest BCUT2D eigenvalue weighted by atomic mass is 10.1. The molecule has 0 radical (unpaired) electrons. The summed E-state index contributed by atoms with van der Waals surface area (Å²) in [6, 6.07) is 5.50. The number of hydrogen-bond acceptors (Lipinski definition) is 3. The fourth-order valence-electron chi connectivity index (χ4n) is 0.812. The van der Waals surface area contributed by atoms with Gasteiger partial charge in [-0.05, 0) is 11.6 Å². The molecule has 2 N–H and O–H groups in total. The van der Waals surface area contributed by atoms with E-state index in [0.29, 0.717) is 6.42 Å². The Bertz CT molecular complexity index is 255. The number of nitriles is 1. The van der Waals surface area contributed by atoms with E-state index < -0.39 is 0 Å². The molecule has 0 bridgehead atoms. The number of aromatic nitrogens is 1. The van der Waals surface area contributed by atoms with Crippen molar-refractivity contribution in [1.29, 1.82) is 5.26 Å². The van der Waals surface area contributed by atoms with Crippen molar-refractivity contribution in [3.63, 3.8) is 0 Å². The second kappa shape index (κ2) is 5.53. The molecule has 0 aromatic carbocycles. The summed E-state index contributed by atoms with van der Waals surface area (Å²) in [7, 11) is 0. The van der Waals surface area contributed by atoms with Crippen LogP contribution in [-0.4, -0.2) is 4.98 Å². The molecule has 4 heteroatoms. The number of halogens is 1. The van der Waals surface area contributed by atoms with Crippen molar-refractivity contribution in [3.8, 4) is 6.07 Å². The molecule has 0 aliphatic carbocycles. The number of hydrogen-bond donors (Lipinski definition) is 1.